The van der Waals surface area contributed by atoms with Gasteiger partial charge >= 0.3 is 0 Å². The Bertz CT molecular complexity index is 1000. The summed E-state index contributed by atoms with van der Waals surface area (Å²) in [6.07, 6.45) is 4.55. The first kappa shape index (κ1) is 21.9. The van der Waals surface area contributed by atoms with Gasteiger partial charge in [-0.3, -0.25) is 29.2 Å². The van der Waals surface area contributed by atoms with Crippen LogP contribution in [0, 0.1) is 5.92 Å². The summed E-state index contributed by atoms with van der Waals surface area (Å²) >= 11 is 1.40. The summed E-state index contributed by atoms with van der Waals surface area (Å²) in [6.45, 7) is 2.63. The number of aromatic nitrogens is 3. The van der Waals surface area contributed by atoms with E-state index in [1.807, 2.05) is 10.3 Å². The molecule has 3 amide bonds. The predicted octanol–water partition coefficient (Wildman–Crippen LogP) is 0.741. The monoisotopic (exact) mass is 460 g/mol. The maximum atomic E-state index is 13.0. The molecule has 32 heavy (non-hydrogen) atoms. The number of carbonyl (C=O) groups excluding carboxylic acids is 3. The Morgan fingerprint density at radius 2 is 1.97 bits per heavy atom. The maximum absolute atomic E-state index is 13.0. The van der Waals surface area contributed by atoms with Gasteiger partial charge in [-0.15, -0.1) is 11.3 Å². The summed E-state index contributed by atoms with van der Waals surface area (Å²) in [5, 5.41) is 16.6. The average molecular weight is 461 g/mol. The first-order chi connectivity index (χ1) is 15.5. The molecule has 0 radical (unpaired) electrons. The van der Waals surface area contributed by atoms with Gasteiger partial charge in [0.1, 0.15) is 0 Å². The summed E-state index contributed by atoms with van der Waals surface area (Å²) < 4.78 is 0. The lowest BCUT2D eigenvalue weighted by Crippen LogP contribution is -2.41. The Morgan fingerprint density at radius 3 is 2.66 bits per heavy atom. The molecule has 2 aromatic rings. The average Bonchev–Trinajstić information content (AvgIpc) is 3.59. The van der Waals surface area contributed by atoms with Gasteiger partial charge in [0.2, 0.25) is 11.8 Å². The van der Waals surface area contributed by atoms with Crippen LogP contribution in [0.5, 0.6) is 0 Å². The highest BCUT2D eigenvalue weighted by atomic mass is 32.1. The number of fused-ring (bicyclic) bond motifs is 1. The standard InChI is InChI=1S/C19H22N6O3S.CH2O2/c26-15-9-12(10-25(15)19-20-4-8-29-19)17(27)24-7-3-13-14(11-24)21-22-16(13)18(28)23-5-1-2-6-23;2-1-3/h4,8,12H,1-3,5-7,9-11H2,(H,21,22);1H,(H,2,3). The highest BCUT2D eigenvalue weighted by Crippen LogP contribution is 2.29. The van der Waals surface area contributed by atoms with Crippen LogP contribution >= 0.6 is 11.3 Å². The number of carboxylic acid groups (broad SMARTS) is 1. The van der Waals surface area contributed by atoms with Crippen molar-refractivity contribution in [3.63, 3.8) is 0 Å². The number of aromatic amines is 1. The van der Waals surface area contributed by atoms with Crippen molar-refractivity contribution >= 4 is 40.7 Å². The smallest absolute Gasteiger partial charge is 0.290 e. The molecule has 0 aromatic carbocycles. The van der Waals surface area contributed by atoms with E-state index in [1.54, 1.807) is 16.0 Å². The molecular formula is C20H24N6O5S. The molecule has 0 saturated carbocycles. The fourth-order valence-electron chi connectivity index (χ4n) is 4.42. The number of carbonyl (C=O) groups is 4. The minimum Gasteiger partial charge on any atom is -0.483 e. The molecule has 1 unspecified atom stereocenters. The van der Waals surface area contributed by atoms with Crippen molar-refractivity contribution in [2.75, 3.05) is 31.1 Å². The largest absolute Gasteiger partial charge is 0.483 e. The summed E-state index contributed by atoms with van der Waals surface area (Å²) in [5.74, 6) is -0.456. The lowest BCUT2D eigenvalue weighted by atomic mass is 10.0. The van der Waals surface area contributed by atoms with E-state index in [9.17, 15) is 14.4 Å². The van der Waals surface area contributed by atoms with Crippen molar-refractivity contribution in [3.8, 4) is 0 Å². The molecule has 11 nitrogen and oxygen atoms in total. The molecule has 2 fully saturated rings. The van der Waals surface area contributed by atoms with Gasteiger partial charge in [-0.2, -0.15) is 5.10 Å². The van der Waals surface area contributed by atoms with Crippen molar-refractivity contribution in [2.24, 2.45) is 5.92 Å². The van der Waals surface area contributed by atoms with E-state index in [0.717, 1.165) is 37.2 Å². The maximum Gasteiger partial charge on any atom is 0.290 e. The second-order valence-electron chi connectivity index (χ2n) is 7.86. The molecular weight excluding hydrogens is 436 g/mol. The van der Waals surface area contributed by atoms with Gasteiger partial charge in [0.05, 0.1) is 18.2 Å². The highest BCUT2D eigenvalue weighted by molar-refractivity contribution is 7.13. The number of amides is 3. The summed E-state index contributed by atoms with van der Waals surface area (Å²) in [6, 6.07) is 0. The Balaban J connectivity index is 0.000000775. The molecule has 5 rings (SSSR count). The Morgan fingerprint density at radius 1 is 1.22 bits per heavy atom. The summed E-state index contributed by atoms with van der Waals surface area (Å²) in [7, 11) is 0. The lowest BCUT2D eigenvalue weighted by Gasteiger charge is -2.29. The third-order valence-corrected chi connectivity index (χ3v) is 6.76. The first-order valence-electron chi connectivity index (χ1n) is 10.4. The molecule has 2 aromatic heterocycles. The van der Waals surface area contributed by atoms with Gasteiger partial charge in [-0.1, -0.05) is 0 Å². The van der Waals surface area contributed by atoms with Gasteiger partial charge in [-0.25, -0.2) is 4.98 Å². The van der Waals surface area contributed by atoms with E-state index in [0.29, 0.717) is 36.9 Å². The van der Waals surface area contributed by atoms with Crippen LogP contribution in [-0.4, -0.2) is 80.5 Å². The van der Waals surface area contributed by atoms with Crippen molar-refractivity contribution in [2.45, 2.75) is 32.2 Å². The van der Waals surface area contributed by atoms with E-state index in [-0.39, 0.29) is 36.5 Å². The fourth-order valence-corrected chi connectivity index (χ4v) is 5.09. The molecule has 5 heterocycles. The Labute approximate surface area is 188 Å². The summed E-state index contributed by atoms with van der Waals surface area (Å²) in [4.78, 5) is 55.9. The second kappa shape index (κ2) is 9.47. The van der Waals surface area contributed by atoms with E-state index < -0.39 is 0 Å². The number of hydrogen-bond donors (Lipinski definition) is 2. The van der Waals surface area contributed by atoms with Gasteiger partial charge in [0.25, 0.3) is 12.4 Å². The molecule has 3 aliphatic heterocycles. The Hall–Kier alpha value is -3.28. The van der Waals surface area contributed by atoms with E-state index in [2.05, 4.69) is 15.2 Å². The molecule has 2 N–H and O–H groups in total. The van der Waals surface area contributed by atoms with Crippen LogP contribution in [0.3, 0.4) is 0 Å². The van der Waals surface area contributed by atoms with Crippen molar-refractivity contribution in [3.05, 3.63) is 28.5 Å². The van der Waals surface area contributed by atoms with Crippen LogP contribution in [0.25, 0.3) is 0 Å². The van der Waals surface area contributed by atoms with Gasteiger partial charge < -0.3 is 14.9 Å². The molecule has 3 aliphatic rings. The van der Waals surface area contributed by atoms with Crippen molar-refractivity contribution in [1.29, 1.82) is 0 Å². The topological polar surface area (TPSA) is 140 Å². The molecule has 0 bridgehead atoms. The van der Waals surface area contributed by atoms with Gasteiger partial charge in [0.15, 0.2) is 10.8 Å². The fraction of sp³-hybridized carbons (Fsp3) is 0.500. The predicted molar refractivity (Wildman–Crippen MR) is 114 cm³/mol. The minimum atomic E-state index is -0.360. The highest BCUT2D eigenvalue weighted by Gasteiger charge is 2.39. The number of rotatable bonds is 3. The summed E-state index contributed by atoms with van der Waals surface area (Å²) in [5.41, 5.74) is 2.26. The Kier molecular flexibility index (Phi) is 6.49. The number of nitrogens with one attached hydrogen (secondary N) is 1. The third kappa shape index (κ3) is 4.22. The van der Waals surface area contributed by atoms with Crippen LogP contribution in [0.1, 0.15) is 41.0 Å². The SMILES string of the molecule is O=C(c1n[nH]c2c1CCN(C(=O)C1CC(=O)N(c3nccs3)C1)C2)N1CCCC1.O=CO. The lowest BCUT2D eigenvalue weighted by molar-refractivity contribution is -0.136. The second-order valence-corrected chi connectivity index (χ2v) is 8.74. The zero-order chi connectivity index (χ0) is 22.7. The number of H-pyrrole nitrogens is 1. The molecule has 0 aliphatic carbocycles. The quantitative estimate of drug-likeness (QED) is 0.644. The molecule has 2 saturated heterocycles. The van der Waals surface area contributed by atoms with Crippen LogP contribution in [0.15, 0.2) is 11.6 Å². The van der Waals surface area contributed by atoms with E-state index in [4.69, 9.17) is 9.90 Å². The van der Waals surface area contributed by atoms with Crippen LogP contribution in [0.2, 0.25) is 0 Å². The van der Waals surface area contributed by atoms with Crippen LogP contribution in [0.4, 0.5) is 5.13 Å². The van der Waals surface area contributed by atoms with E-state index >= 15 is 0 Å². The zero-order valence-electron chi connectivity index (χ0n) is 17.4. The van der Waals surface area contributed by atoms with Crippen molar-refractivity contribution in [1.82, 2.24) is 25.0 Å². The molecule has 12 heteroatoms. The van der Waals surface area contributed by atoms with Gasteiger partial charge in [0, 0.05) is 49.7 Å². The van der Waals surface area contributed by atoms with Crippen LogP contribution < -0.4 is 4.90 Å². The van der Waals surface area contributed by atoms with Crippen molar-refractivity contribution < 1.29 is 24.3 Å². The normalized spacial score (nSPS) is 20.1. The number of nitrogens with zero attached hydrogens (tertiary/aromatic N) is 5. The third-order valence-electron chi connectivity index (χ3n) is 5.97. The molecule has 170 valence electrons. The molecule has 1 atom stereocenters. The van der Waals surface area contributed by atoms with E-state index in [1.165, 1.54) is 11.3 Å². The first-order valence-corrected chi connectivity index (χ1v) is 11.3. The number of anilines is 1. The number of thiazole rings is 1. The zero-order valence-corrected chi connectivity index (χ0v) is 18.2. The van der Waals surface area contributed by atoms with Gasteiger partial charge in [-0.05, 0) is 19.3 Å². The number of hydrogen-bond acceptors (Lipinski definition) is 7. The molecule has 0 spiro atoms. The van der Waals surface area contributed by atoms with Crippen LogP contribution in [-0.2, 0) is 27.3 Å². The number of likely N-dealkylation sites (tertiary alicyclic amines) is 1. The minimum absolute atomic E-state index is 0.0137.